The van der Waals surface area contributed by atoms with Gasteiger partial charge in [-0.25, -0.2) is 0 Å². The summed E-state index contributed by atoms with van der Waals surface area (Å²) < 4.78 is 23.0. The SMILES string of the molecule is COCCOC1C(Br)CC1Oc1c(Br)cccc1OC. The first-order valence-electron chi connectivity index (χ1n) is 6.41. The van der Waals surface area contributed by atoms with Crippen LogP contribution in [-0.4, -0.2) is 44.5 Å². The maximum Gasteiger partial charge on any atom is 0.175 e. The summed E-state index contributed by atoms with van der Waals surface area (Å²) >= 11 is 7.09. The molecule has 0 radical (unpaired) electrons. The number of ether oxygens (including phenoxy) is 4. The molecule has 0 heterocycles. The number of methoxy groups -OCH3 is 2. The quantitative estimate of drug-likeness (QED) is 0.510. The second-order valence-corrected chi connectivity index (χ2v) is 6.54. The highest BCUT2D eigenvalue weighted by Crippen LogP contribution is 2.40. The van der Waals surface area contributed by atoms with Crippen molar-refractivity contribution in [3.05, 3.63) is 22.7 Å². The van der Waals surface area contributed by atoms with Crippen molar-refractivity contribution in [2.24, 2.45) is 0 Å². The normalized spacial score (nSPS) is 25.1. The average Bonchev–Trinajstić information content (AvgIpc) is 2.44. The molecule has 1 aromatic carbocycles. The second kappa shape index (κ2) is 7.64. The summed E-state index contributed by atoms with van der Waals surface area (Å²) in [4.78, 5) is 0.317. The van der Waals surface area contributed by atoms with E-state index in [1.54, 1.807) is 14.2 Å². The molecule has 2 rings (SSSR count). The summed E-state index contributed by atoms with van der Waals surface area (Å²) in [6.45, 7) is 1.15. The van der Waals surface area contributed by atoms with Crippen LogP contribution in [-0.2, 0) is 9.47 Å². The third kappa shape index (κ3) is 3.67. The first kappa shape index (κ1) is 16.1. The molecule has 4 nitrogen and oxygen atoms in total. The minimum atomic E-state index is 0.0174. The Morgan fingerprint density at radius 3 is 2.70 bits per heavy atom. The third-order valence-corrected chi connectivity index (χ3v) is 4.72. The lowest BCUT2D eigenvalue weighted by Crippen LogP contribution is -2.52. The van der Waals surface area contributed by atoms with E-state index in [9.17, 15) is 0 Å². The fourth-order valence-electron chi connectivity index (χ4n) is 2.04. The molecule has 0 N–H and O–H groups in total. The van der Waals surface area contributed by atoms with Gasteiger partial charge in [-0.1, -0.05) is 22.0 Å². The summed E-state index contributed by atoms with van der Waals surface area (Å²) in [5.41, 5.74) is 0. The van der Waals surface area contributed by atoms with E-state index >= 15 is 0 Å². The van der Waals surface area contributed by atoms with Crippen LogP contribution in [0.2, 0.25) is 0 Å². The maximum atomic E-state index is 6.05. The van der Waals surface area contributed by atoms with Crippen LogP contribution in [0.5, 0.6) is 11.5 Å². The largest absolute Gasteiger partial charge is 0.493 e. The summed E-state index contributed by atoms with van der Waals surface area (Å²) in [5.74, 6) is 1.44. The summed E-state index contributed by atoms with van der Waals surface area (Å²) in [6.07, 6.45) is 0.952. The Kier molecular flexibility index (Phi) is 6.14. The van der Waals surface area contributed by atoms with Crippen molar-refractivity contribution in [3.8, 4) is 11.5 Å². The minimum Gasteiger partial charge on any atom is -0.493 e. The lowest BCUT2D eigenvalue weighted by molar-refractivity contribution is -0.0872. The molecule has 0 bridgehead atoms. The number of alkyl halides is 1. The number of halogens is 2. The smallest absolute Gasteiger partial charge is 0.175 e. The van der Waals surface area contributed by atoms with E-state index in [0.717, 1.165) is 16.6 Å². The van der Waals surface area contributed by atoms with Crippen molar-refractivity contribution >= 4 is 31.9 Å². The predicted octanol–water partition coefficient (Wildman–Crippen LogP) is 3.40. The van der Waals surface area contributed by atoms with Crippen molar-refractivity contribution in [2.45, 2.75) is 23.5 Å². The van der Waals surface area contributed by atoms with E-state index in [1.807, 2.05) is 18.2 Å². The van der Waals surface area contributed by atoms with Gasteiger partial charge in [0.25, 0.3) is 0 Å². The Morgan fingerprint density at radius 1 is 1.25 bits per heavy atom. The third-order valence-electron chi connectivity index (χ3n) is 3.20. The highest BCUT2D eigenvalue weighted by molar-refractivity contribution is 9.10. The second-order valence-electron chi connectivity index (χ2n) is 4.51. The van der Waals surface area contributed by atoms with Gasteiger partial charge in [0, 0.05) is 18.4 Å². The maximum absolute atomic E-state index is 6.05. The molecular weight excluding hydrogens is 392 g/mol. The summed E-state index contributed by atoms with van der Waals surface area (Å²) in [6, 6.07) is 5.73. The van der Waals surface area contributed by atoms with Gasteiger partial charge in [-0.3, -0.25) is 0 Å². The first-order chi connectivity index (χ1) is 9.67. The highest BCUT2D eigenvalue weighted by Gasteiger charge is 2.43. The summed E-state index contributed by atoms with van der Waals surface area (Å²) in [7, 11) is 3.30. The number of hydrogen-bond acceptors (Lipinski definition) is 4. The standard InChI is InChI=1S/C14H18Br2O4/c1-17-6-7-19-13-10(16)8-12(13)20-14-9(15)4-3-5-11(14)18-2/h3-5,10,12-13H,6-8H2,1-2H3. The van der Waals surface area contributed by atoms with Gasteiger partial charge in [-0.15, -0.1) is 0 Å². The molecule has 0 aliphatic heterocycles. The van der Waals surface area contributed by atoms with Crippen LogP contribution < -0.4 is 9.47 Å². The number of hydrogen-bond donors (Lipinski definition) is 0. The van der Waals surface area contributed by atoms with Gasteiger partial charge in [-0.2, -0.15) is 0 Å². The van der Waals surface area contributed by atoms with Crippen molar-refractivity contribution in [1.82, 2.24) is 0 Å². The zero-order valence-corrected chi connectivity index (χ0v) is 14.6. The molecule has 0 spiro atoms. The molecular formula is C14H18Br2O4. The van der Waals surface area contributed by atoms with Gasteiger partial charge in [-0.05, 0) is 28.1 Å². The van der Waals surface area contributed by atoms with Gasteiger partial charge in [0.15, 0.2) is 11.5 Å². The van der Waals surface area contributed by atoms with Crippen LogP contribution >= 0.6 is 31.9 Å². The lowest BCUT2D eigenvalue weighted by atomic mass is 9.91. The average molecular weight is 410 g/mol. The predicted molar refractivity (Wildman–Crippen MR) is 84.1 cm³/mol. The van der Waals surface area contributed by atoms with E-state index < -0.39 is 0 Å². The van der Waals surface area contributed by atoms with Crippen LogP contribution in [0.1, 0.15) is 6.42 Å². The first-order valence-corrected chi connectivity index (χ1v) is 8.12. The van der Waals surface area contributed by atoms with E-state index in [-0.39, 0.29) is 12.2 Å². The van der Waals surface area contributed by atoms with Crippen molar-refractivity contribution in [3.63, 3.8) is 0 Å². The van der Waals surface area contributed by atoms with Crippen molar-refractivity contribution < 1.29 is 18.9 Å². The Labute approximate surface area is 136 Å². The molecule has 1 fully saturated rings. The molecule has 1 aliphatic carbocycles. The monoisotopic (exact) mass is 408 g/mol. The van der Waals surface area contributed by atoms with Crippen LogP contribution in [0.4, 0.5) is 0 Å². The molecule has 0 amide bonds. The van der Waals surface area contributed by atoms with Crippen molar-refractivity contribution in [1.29, 1.82) is 0 Å². The van der Waals surface area contributed by atoms with E-state index in [0.29, 0.717) is 23.8 Å². The van der Waals surface area contributed by atoms with E-state index in [1.165, 1.54) is 0 Å². The van der Waals surface area contributed by atoms with Gasteiger partial charge >= 0.3 is 0 Å². The van der Waals surface area contributed by atoms with Gasteiger partial charge < -0.3 is 18.9 Å². The molecule has 3 atom stereocenters. The lowest BCUT2D eigenvalue weighted by Gasteiger charge is -2.41. The Balaban J connectivity index is 1.99. The van der Waals surface area contributed by atoms with Crippen LogP contribution in [0, 0.1) is 0 Å². The Morgan fingerprint density at radius 2 is 2.05 bits per heavy atom. The zero-order valence-electron chi connectivity index (χ0n) is 11.5. The fraction of sp³-hybridized carbons (Fsp3) is 0.571. The minimum absolute atomic E-state index is 0.0174. The topological polar surface area (TPSA) is 36.9 Å². The van der Waals surface area contributed by atoms with Crippen molar-refractivity contribution in [2.75, 3.05) is 27.4 Å². The van der Waals surface area contributed by atoms with E-state index in [4.69, 9.17) is 18.9 Å². The Bertz CT molecular complexity index is 441. The highest BCUT2D eigenvalue weighted by atomic mass is 79.9. The number of para-hydroxylation sites is 1. The Hall–Kier alpha value is -0.300. The molecule has 1 aromatic rings. The summed E-state index contributed by atoms with van der Waals surface area (Å²) in [5, 5.41) is 0. The van der Waals surface area contributed by atoms with Crippen LogP contribution in [0.15, 0.2) is 22.7 Å². The molecule has 20 heavy (non-hydrogen) atoms. The molecule has 0 saturated heterocycles. The number of rotatable bonds is 7. The van der Waals surface area contributed by atoms with Gasteiger partial charge in [0.1, 0.15) is 12.2 Å². The molecule has 6 heteroatoms. The molecule has 3 unspecified atom stereocenters. The molecule has 0 aromatic heterocycles. The fourth-order valence-corrected chi connectivity index (χ4v) is 3.34. The zero-order chi connectivity index (χ0) is 14.5. The number of benzene rings is 1. The molecule has 1 aliphatic rings. The molecule has 112 valence electrons. The van der Waals surface area contributed by atoms with E-state index in [2.05, 4.69) is 31.9 Å². The van der Waals surface area contributed by atoms with Crippen LogP contribution in [0.25, 0.3) is 0 Å². The molecule has 1 saturated carbocycles. The van der Waals surface area contributed by atoms with Gasteiger partial charge in [0.05, 0.1) is 24.8 Å². The van der Waals surface area contributed by atoms with Gasteiger partial charge in [0.2, 0.25) is 0 Å². The van der Waals surface area contributed by atoms with Crippen LogP contribution in [0.3, 0.4) is 0 Å².